The summed E-state index contributed by atoms with van der Waals surface area (Å²) in [5.74, 6) is 0.875. The van der Waals surface area contributed by atoms with E-state index in [1.807, 2.05) is 0 Å². The van der Waals surface area contributed by atoms with Gasteiger partial charge < -0.3 is 9.88 Å². The summed E-state index contributed by atoms with van der Waals surface area (Å²) in [5.41, 5.74) is 2.45. The van der Waals surface area contributed by atoms with Crippen LogP contribution in [0, 0.1) is 5.92 Å². The van der Waals surface area contributed by atoms with Gasteiger partial charge in [0.2, 0.25) is 0 Å². The van der Waals surface area contributed by atoms with E-state index >= 15 is 0 Å². The maximum absolute atomic E-state index is 3.58. The highest BCUT2D eigenvalue weighted by Crippen LogP contribution is 2.25. The molecule has 0 unspecified atom stereocenters. The average molecular weight is 240 g/mol. The Bertz CT molecular complexity index is 482. The zero-order chi connectivity index (χ0) is 12.2. The Hall–Kier alpha value is -1.70. The van der Waals surface area contributed by atoms with E-state index in [0.29, 0.717) is 0 Å². The van der Waals surface area contributed by atoms with Crippen molar-refractivity contribution in [2.75, 3.05) is 11.9 Å². The van der Waals surface area contributed by atoms with Crippen LogP contribution in [-0.2, 0) is 0 Å². The quantitative estimate of drug-likeness (QED) is 0.852. The average Bonchev–Trinajstić information content (AvgIpc) is 3.10. The molecule has 18 heavy (non-hydrogen) atoms. The van der Waals surface area contributed by atoms with Gasteiger partial charge in [-0.2, -0.15) is 0 Å². The van der Waals surface area contributed by atoms with Crippen molar-refractivity contribution in [1.82, 2.24) is 4.57 Å². The minimum absolute atomic E-state index is 0.875. The molecule has 3 rings (SSSR count). The van der Waals surface area contributed by atoms with Gasteiger partial charge in [0.25, 0.3) is 0 Å². The van der Waals surface area contributed by atoms with E-state index in [-0.39, 0.29) is 0 Å². The van der Waals surface area contributed by atoms with Gasteiger partial charge in [-0.15, -0.1) is 0 Å². The van der Waals surface area contributed by atoms with Crippen molar-refractivity contribution in [2.45, 2.75) is 25.7 Å². The summed E-state index contributed by atoms with van der Waals surface area (Å²) in [7, 11) is 0. The summed E-state index contributed by atoms with van der Waals surface area (Å²) in [4.78, 5) is 0. The summed E-state index contributed by atoms with van der Waals surface area (Å²) < 4.78 is 2.14. The number of hydrogen-bond acceptors (Lipinski definition) is 1. The summed E-state index contributed by atoms with van der Waals surface area (Å²) in [6.45, 7) is 1.12. The van der Waals surface area contributed by atoms with Crippen LogP contribution in [0.15, 0.2) is 48.8 Å². The first kappa shape index (κ1) is 11.4. The van der Waals surface area contributed by atoms with E-state index in [1.165, 1.54) is 37.1 Å². The molecule has 1 aromatic carbocycles. The molecular weight excluding hydrogens is 220 g/mol. The Morgan fingerprint density at radius 2 is 1.83 bits per heavy atom. The number of nitrogens with zero attached hydrogens (tertiary/aromatic N) is 1. The highest BCUT2D eigenvalue weighted by molar-refractivity contribution is 5.51. The highest BCUT2D eigenvalue weighted by atomic mass is 14.9. The van der Waals surface area contributed by atoms with Crippen molar-refractivity contribution in [3.05, 3.63) is 48.8 Å². The second kappa shape index (κ2) is 5.30. The zero-order valence-corrected chi connectivity index (χ0v) is 10.7. The van der Waals surface area contributed by atoms with E-state index in [1.54, 1.807) is 0 Å². The van der Waals surface area contributed by atoms with Crippen LogP contribution in [0.2, 0.25) is 0 Å². The molecule has 0 spiro atoms. The van der Waals surface area contributed by atoms with Crippen LogP contribution in [0.4, 0.5) is 5.69 Å². The molecule has 2 heteroatoms. The number of aromatic nitrogens is 1. The number of benzene rings is 1. The lowest BCUT2D eigenvalue weighted by molar-refractivity contribution is 0.580. The third-order valence-corrected chi connectivity index (χ3v) is 3.82. The van der Waals surface area contributed by atoms with Crippen LogP contribution >= 0.6 is 0 Å². The SMILES string of the molecule is c1cc(NCC2CCCC2)cc(-n2cccc2)c1. The predicted octanol–water partition coefficient (Wildman–Crippen LogP) is 4.08. The molecule has 1 heterocycles. The van der Waals surface area contributed by atoms with Crippen LogP contribution in [0.25, 0.3) is 5.69 Å². The minimum Gasteiger partial charge on any atom is -0.385 e. The Balaban J connectivity index is 1.67. The fraction of sp³-hybridized carbons (Fsp3) is 0.375. The molecule has 1 aliphatic rings. The van der Waals surface area contributed by atoms with Crippen LogP contribution < -0.4 is 5.32 Å². The standard InChI is InChI=1S/C16H20N2/c1-2-7-14(6-1)13-17-15-8-5-9-16(12-15)18-10-3-4-11-18/h3-5,8-12,14,17H,1-2,6-7,13H2. The molecule has 1 fully saturated rings. The third kappa shape index (κ3) is 2.58. The van der Waals surface area contributed by atoms with Crippen molar-refractivity contribution in [2.24, 2.45) is 5.92 Å². The van der Waals surface area contributed by atoms with Gasteiger partial charge in [0.1, 0.15) is 0 Å². The molecule has 1 N–H and O–H groups in total. The predicted molar refractivity (Wildman–Crippen MR) is 76.2 cm³/mol. The van der Waals surface area contributed by atoms with Gasteiger partial charge in [0, 0.05) is 30.3 Å². The Labute approximate surface area is 109 Å². The van der Waals surface area contributed by atoms with E-state index in [2.05, 4.69) is 58.7 Å². The number of nitrogens with one attached hydrogen (secondary N) is 1. The molecule has 0 atom stereocenters. The Kier molecular flexibility index (Phi) is 3.35. The zero-order valence-electron chi connectivity index (χ0n) is 10.7. The molecule has 1 aliphatic carbocycles. The smallest absolute Gasteiger partial charge is 0.0469 e. The van der Waals surface area contributed by atoms with Gasteiger partial charge in [-0.3, -0.25) is 0 Å². The van der Waals surface area contributed by atoms with Crippen molar-refractivity contribution >= 4 is 5.69 Å². The highest BCUT2D eigenvalue weighted by Gasteiger charge is 2.14. The van der Waals surface area contributed by atoms with Gasteiger partial charge >= 0.3 is 0 Å². The first-order chi connectivity index (χ1) is 8.92. The van der Waals surface area contributed by atoms with Crippen LogP contribution in [0.5, 0.6) is 0 Å². The molecule has 0 radical (unpaired) electrons. The van der Waals surface area contributed by atoms with Gasteiger partial charge in [0.15, 0.2) is 0 Å². The summed E-state index contributed by atoms with van der Waals surface area (Å²) in [6.07, 6.45) is 9.77. The lowest BCUT2D eigenvalue weighted by Gasteiger charge is -2.13. The van der Waals surface area contributed by atoms with Crippen molar-refractivity contribution in [3.63, 3.8) is 0 Å². The second-order valence-corrected chi connectivity index (χ2v) is 5.17. The molecule has 1 saturated carbocycles. The monoisotopic (exact) mass is 240 g/mol. The molecule has 2 aromatic rings. The Morgan fingerprint density at radius 3 is 2.61 bits per heavy atom. The van der Waals surface area contributed by atoms with Crippen LogP contribution in [0.1, 0.15) is 25.7 Å². The first-order valence-electron chi connectivity index (χ1n) is 6.89. The summed E-state index contributed by atoms with van der Waals surface area (Å²) in [6, 6.07) is 12.7. The molecule has 0 aliphatic heterocycles. The van der Waals surface area contributed by atoms with Crippen LogP contribution in [0.3, 0.4) is 0 Å². The molecule has 0 bridgehead atoms. The van der Waals surface area contributed by atoms with Gasteiger partial charge in [-0.1, -0.05) is 18.9 Å². The molecular formula is C16H20N2. The molecule has 0 amide bonds. The molecule has 2 nitrogen and oxygen atoms in total. The van der Waals surface area contributed by atoms with Gasteiger partial charge in [0.05, 0.1) is 0 Å². The number of anilines is 1. The normalized spacial score (nSPS) is 16.0. The van der Waals surface area contributed by atoms with Crippen molar-refractivity contribution in [3.8, 4) is 5.69 Å². The molecule has 0 saturated heterocycles. The third-order valence-electron chi connectivity index (χ3n) is 3.82. The lowest BCUT2D eigenvalue weighted by Crippen LogP contribution is -2.10. The lowest BCUT2D eigenvalue weighted by atomic mass is 10.1. The number of rotatable bonds is 4. The topological polar surface area (TPSA) is 17.0 Å². The fourth-order valence-electron chi connectivity index (χ4n) is 2.76. The van der Waals surface area contributed by atoms with Crippen molar-refractivity contribution < 1.29 is 0 Å². The summed E-state index contributed by atoms with van der Waals surface area (Å²) >= 11 is 0. The minimum atomic E-state index is 0.875. The van der Waals surface area contributed by atoms with E-state index < -0.39 is 0 Å². The summed E-state index contributed by atoms with van der Waals surface area (Å²) in [5, 5.41) is 3.58. The van der Waals surface area contributed by atoms with Crippen LogP contribution in [-0.4, -0.2) is 11.1 Å². The van der Waals surface area contributed by atoms with E-state index in [0.717, 1.165) is 12.5 Å². The van der Waals surface area contributed by atoms with E-state index in [9.17, 15) is 0 Å². The fourth-order valence-corrected chi connectivity index (χ4v) is 2.76. The van der Waals surface area contributed by atoms with Gasteiger partial charge in [-0.05, 0) is 49.1 Å². The first-order valence-corrected chi connectivity index (χ1v) is 6.89. The van der Waals surface area contributed by atoms with E-state index in [4.69, 9.17) is 0 Å². The largest absolute Gasteiger partial charge is 0.385 e. The molecule has 94 valence electrons. The Morgan fingerprint density at radius 1 is 1.06 bits per heavy atom. The van der Waals surface area contributed by atoms with Crippen molar-refractivity contribution in [1.29, 1.82) is 0 Å². The molecule has 1 aromatic heterocycles. The maximum Gasteiger partial charge on any atom is 0.0469 e. The maximum atomic E-state index is 3.58. The van der Waals surface area contributed by atoms with Gasteiger partial charge in [-0.25, -0.2) is 0 Å². The second-order valence-electron chi connectivity index (χ2n) is 5.17. The number of hydrogen-bond donors (Lipinski definition) is 1.